The van der Waals surface area contributed by atoms with E-state index in [-0.39, 0.29) is 11.6 Å². The number of hydrogen-bond acceptors (Lipinski definition) is 4. The number of aldehydes is 1. The number of benzene rings is 2. The monoisotopic (exact) mass is 375 g/mol. The molecule has 0 aliphatic carbocycles. The summed E-state index contributed by atoms with van der Waals surface area (Å²) in [6.45, 7) is 0.431. The van der Waals surface area contributed by atoms with Crippen LogP contribution in [0.1, 0.15) is 45.9 Å². The Labute approximate surface area is 153 Å². The molecule has 0 fully saturated rings. The van der Waals surface area contributed by atoms with E-state index in [1.165, 1.54) is 0 Å². The van der Waals surface area contributed by atoms with E-state index >= 15 is 0 Å². The fraction of sp³-hybridized carbons (Fsp3) is 0.263. The minimum atomic E-state index is -4.45. The van der Waals surface area contributed by atoms with Gasteiger partial charge >= 0.3 is 6.18 Å². The normalized spacial score (nSPS) is 15.9. The predicted molar refractivity (Wildman–Crippen MR) is 92.4 cm³/mol. The van der Waals surface area contributed by atoms with Crippen LogP contribution in [-0.4, -0.2) is 12.2 Å². The Hall–Kier alpha value is -3.03. The van der Waals surface area contributed by atoms with Gasteiger partial charge in [-0.1, -0.05) is 6.07 Å². The van der Waals surface area contributed by atoms with Crippen LogP contribution >= 0.6 is 0 Å². The van der Waals surface area contributed by atoms with Gasteiger partial charge in [-0.3, -0.25) is 4.79 Å². The highest BCUT2D eigenvalue weighted by Crippen LogP contribution is 2.33. The molecule has 1 N–H and O–H groups in total. The number of halogens is 3. The van der Waals surface area contributed by atoms with Crippen LogP contribution < -0.4 is 5.32 Å². The van der Waals surface area contributed by atoms with Gasteiger partial charge < -0.3 is 10.1 Å². The van der Waals surface area contributed by atoms with Crippen molar-refractivity contribution in [2.75, 3.05) is 5.32 Å². The summed E-state index contributed by atoms with van der Waals surface area (Å²) in [5.74, 6) is -0.509. The largest absolute Gasteiger partial charge is 0.416 e. The third-order valence-corrected chi connectivity index (χ3v) is 4.26. The van der Waals surface area contributed by atoms with Crippen molar-refractivity contribution in [3.63, 3.8) is 0 Å². The van der Waals surface area contributed by atoms with Crippen LogP contribution in [0.3, 0.4) is 0 Å². The molecule has 0 spiro atoms. The second kappa shape index (κ2) is 7.69. The molecule has 3 rings (SSSR count). The van der Waals surface area contributed by atoms with Crippen molar-refractivity contribution in [1.82, 2.24) is 0 Å². The van der Waals surface area contributed by atoms with E-state index in [1.807, 2.05) is 6.07 Å². The van der Waals surface area contributed by atoms with E-state index in [0.29, 0.717) is 25.1 Å². The first-order chi connectivity index (χ1) is 12.9. The molecule has 5 nitrogen and oxygen atoms in total. The zero-order valence-corrected chi connectivity index (χ0v) is 14.2. The summed E-state index contributed by atoms with van der Waals surface area (Å²) < 4.78 is 37.8. The molecular formula is C19H16F3N3O2. The molecule has 2 aromatic rings. The highest BCUT2D eigenvalue weighted by molar-refractivity contribution is 6.04. The minimum absolute atomic E-state index is 0.123. The fourth-order valence-electron chi connectivity index (χ4n) is 2.86. The summed E-state index contributed by atoms with van der Waals surface area (Å²) in [5, 5.41) is 10.9. The van der Waals surface area contributed by atoms with Crippen LogP contribution in [-0.2, 0) is 17.5 Å². The highest BCUT2D eigenvalue weighted by atomic mass is 19.4. The van der Waals surface area contributed by atoms with Gasteiger partial charge in [-0.15, -0.1) is 0 Å². The molecule has 1 aliphatic heterocycles. The van der Waals surface area contributed by atoms with Crippen molar-refractivity contribution in [3.8, 4) is 0 Å². The topological polar surface area (TPSA) is 70.9 Å². The Balaban J connectivity index is 1.76. The maximum absolute atomic E-state index is 12.6. The van der Waals surface area contributed by atoms with Gasteiger partial charge in [0.25, 0.3) is 5.91 Å². The SMILES string of the molecule is O=CCCC1N=NCc2ccc(NC(=O)c3ccc(C(F)(F)F)cc3)cc21. The van der Waals surface area contributed by atoms with E-state index in [4.69, 9.17) is 0 Å². The molecule has 1 unspecified atom stereocenters. The van der Waals surface area contributed by atoms with Gasteiger partial charge in [-0.2, -0.15) is 23.4 Å². The Morgan fingerprint density at radius 2 is 1.93 bits per heavy atom. The number of rotatable bonds is 5. The van der Waals surface area contributed by atoms with Crippen LogP contribution in [0.4, 0.5) is 18.9 Å². The number of nitrogens with one attached hydrogen (secondary N) is 1. The average Bonchev–Trinajstić information content (AvgIpc) is 2.65. The van der Waals surface area contributed by atoms with E-state index in [9.17, 15) is 22.8 Å². The first kappa shape index (κ1) is 18.8. The first-order valence-electron chi connectivity index (χ1n) is 8.30. The van der Waals surface area contributed by atoms with Crippen LogP contribution in [0.2, 0.25) is 0 Å². The lowest BCUT2D eigenvalue weighted by Crippen LogP contribution is -2.14. The lowest BCUT2D eigenvalue weighted by Gasteiger charge is -2.19. The summed E-state index contributed by atoms with van der Waals surface area (Å²) >= 11 is 0. The maximum atomic E-state index is 12.6. The molecule has 0 aromatic heterocycles. The molecule has 2 aromatic carbocycles. The summed E-state index contributed by atoms with van der Waals surface area (Å²) in [6, 6.07) is 9.07. The highest BCUT2D eigenvalue weighted by Gasteiger charge is 2.30. The molecule has 1 aliphatic rings. The lowest BCUT2D eigenvalue weighted by atomic mass is 9.95. The van der Waals surface area contributed by atoms with Gasteiger partial charge in [-0.25, -0.2) is 0 Å². The molecule has 0 radical (unpaired) electrons. The summed E-state index contributed by atoms with van der Waals surface area (Å²) in [7, 11) is 0. The van der Waals surface area contributed by atoms with E-state index in [0.717, 1.165) is 41.7 Å². The van der Waals surface area contributed by atoms with Crippen molar-refractivity contribution in [3.05, 3.63) is 64.7 Å². The second-order valence-electron chi connectivity index (χ2n) is 6.12. The number of fused-ring (bicyclic) bond motifs is 1. The molecule has 27 heavy (non-hydrogen) atoms. The standard InChI is InChI=1S/C19H16F3N3O2/c20-19(21,22)14-6-3-12(4-7-14)18(27)24-15-8-5-13-11-23-25-17(2-1-9-26)16(13)10-15/h3-10,17H,1-2,11H2,(H,24,27). The summed E-state index contributed by atoms with van der Waals surface area (Å²) in [6.07, 6.45) is -2.75. The van der Waals surface area contributed by atoms with E-state index in [1.54, 1.807) is 12.1 Å². The molecule has 0 saturated heterocycles. The van der Waals surface area contributed by atoms with Crippen LogP contribution in [0, 0.1) is 0 Å². The van der Waals surface area contributed by atoms with Crippen LogP contribution in [0.5, 0.6) is 0 Å². The van der Waals surface area contributed by atoms with Gasteiger partial charge in [-0.05, 0) is 53.9 Å². The maximum Gasteiger partial charge on any atom is 0.416 e. The van der Waals surface area contributed by atoms with Crippen molar-refractivity contribution >= 4 is 17.9 Å². The van der Waals surface area contributed by atoms with Gasteiger partial charge in [0.05, 0.1) is 18.2 Å². The Morgan fingerprint density at radius 1 is 1.19 bits per heavy atom. The van der Waals surface area contributed by atoms with Crippen molar-refractivity contribution in [1.29, 1.82) is 0 Å². The molecule has 1 amide bonds. The van der Waals surface area contributed by atoms with Gasteiger partial charge in [0.15, 0.2) is 0 Å². The number of amides is 1. The predicted octanol–water partition coefficient (Wildman–Crippen LogP) is 4.94. The number of nitrogens with zero attached hydrogens (tertiary/aromatic N) is 2. The zero-order valence-electron chi connectivity index (χ0n) is 14.2. The number of hydrogen-bond donors (Lipinski definition) is 1. The number of azo groups is 1. The third kappa shape index (κ3) is 4.39. The molecule has 8 heteroatoms. The number of carbonyl (C=O) groups excluding carboxylic acids is 2. The Kier molecular flexibility index (Phi) is 5.34. The van der Waals surface area contributed by atoms with Crippen molar-refractivity contribution < 1.29 is 22.8 Å². The molecule has 0 bridgehead atoms. The number of alkyl halides is 3. The lowest BCUT2D eigenvalue weighted by molar-refractivity contribution is -0.137. The Bertz CT molecular complexity index is 877. The van der Waals surface area contributed by atoms with E-state index < -0.39 is 17.6 Å². The number of anilines is 1. The van der Waals surface area contributed by atoms with Crippen molar-refractivity contribution in [2.45, 2.75) is 31.6 Å². The van der Waals surface area contributed by atoms with Crippen LogP contribution in [0.25, 0.3) is 0 Å². The molecule has 1 atom stereocenters. The van der Waals surface area contributed by atoms with Gasteiger partial charge in [0.2, 0.25) is 0 Å². The Morgan fingerprint density at radius 3 is 2.59 bits per heavy atom. The average molecular weight is 375 g/mol. The second-order valence-corrected chi connectivity index (χ2v) is 6.12. The molecular weight excluding hydrogens is 359 g/mol. The fourth-order valence-corrected chi connectivity index (χ4v) is 2.86. The molecule has 140 valence electrons. The van der Waals surface area contributed by atoms with E-state index in [2.05, 4.69) is 15.5 Å². The van der Waals surface area contributed by atoms with Gasteiger partial charge in [0, 0.05) is 17.7 Å². The number of carbonyl (C=O) groups is 2. The van der Waals surface area contributed by atoms with Crippen molar-refractivity contribution in [2.24, 2.45) is 10.2 Å². The van der Waals surface area contributed by atoms with Gasteiger partial charge in [0.1, 0.15) is 6.29 Å². The quantitative estimate of drug-likeness (QED) is 0.752. The minimum Gasteiger partial charge on any atom is -0.322 e. The third-order valence-electron chi connectivity index (χ3n) is 4.26. The van der Waals surface area contributed by atoms with Crippen LogP contribution in [0.15, 0.2) is 52.7 Å². The zero-order chi connectivity index (χ0) is 19.4. The first-order valence-corrected chi connectivity index (χ1v) is 8.30. The summed E-state index contributed by atoms with van der Waals surface area (Å²) in [4.78, 5) is 22.9. The summed E-state index contributed by atoms with van der Waals surface area (Å²) in [5.41, 5.74) is 1.67. The molecule has 0 saturated carbocycles. The smallest absolute Gasteiger partial charge is 0.322 e. The molecule has 1 heterocycles.